The Kier molecular flexibility index (Phi) is 2.73. The Morgan fingerprint density at radius 3 is 2.80 bits per heavy atom. The molecule has 0 saturated carbocycles. The van der Waals surface area contributed by atoms with Gasteiger partial charge in [-0.25, -0.2) is 4.98 Å². The molecule has 3 heteroatoms. The van der Waals surface area contributed by atoms with Crippen LogP contribution in [0.3, 0.4) is 0 Å². The van der Waals surface area contributed by atoms with Gasteiger partial charge in [0.25, 0.3) is 0 Å². The van der Waals surface area contributed by atoms with Crippen molar-refractivity contribution < 1.29 is 0 Å². The maximum atomic E-state index is 4.52. The zero-order valence-electron chi connectivity index (χ0n) is 9.19. The molecular weight excluding hydrogens is 204 g/mol. The zero-order chi connectivity index (χ0) is 10.8. The number of thiazole rings is 1. The number of hydrogen-bond acceptors (Lipinski definition) is 3. The smallest absolute Gasteiger partial charge is 0.117 e. The second-order valence-corrected chi connectivity index (χ2v) is 4.66. The minimum absolute atomic E-state index is 1.07. The lowest BCUT2D eigenvalue weighted by molar-refractivity contribution is 1.14. The molecule has 1 aromatic heterocycles. The lowest BCUT2D eigenvalue weighted by atomic mass is 10.3. The Bertz CT molecular complexity index is 497. The van der Waals surface area contributed by atoms with Crippen molar-refractivity contribution in [3.05, 3.63) is 29.3 Å². The average molecular weight is 218 g/mol. The van der Waals surface area contributed by atoms with Crippen LogP contribution in [0.4, 0.5) is 5.69 Å². The van der Waals surface area contributed by atoms with Gasteiger partial charge in [0.15, 0.2) is 0 Å². The average Bonchev–Trinajstić information content (AvgIpc) is 2.59. The summed E-state index contributed by atoms with van der Waals surface area (Å²) in [5, 5.41) is 1.07. The first-order valence-electron chi connectivity index (χ1n) is 4.91. The summed E-state index contributed by atoms with van der Waals surface area (Å²) in [4.78, 5) is 6.62. The summed E-state index contributed by atoms with van der Waals surface area (Å²) in [6.45, 7) is 2.01. The number of aromatic nitrogens is 1. The first kappa shape index (κ1) is 10.2. The van der Waals surface area contributed by atoms with Crippen LogP contribution >= 0.6 is 11.3 Å². The SMILES string of the molecule is C/C=C/c1nc2ccc(N(C)C)cc2s1. The van der Waals surface area contributed by atoms with E-state index in [1.165, 1.54) is 10.4 Å². The van der Waals surface area contributed by atoms with Crippen LogP contribution in [-0.4, -0.2) is 19.1 Å². The molecule has 0 aliphatic heterocycles. The van der Waals surface area contributed by atoms with Gasteiger partial charge in [-0.05, 0) is 31.2 Å². The van der Waals surface area contributed by atoms with Gasteiger partial charge in [-0.2, -0.15) is 0 Å². The van der Waals surface area contributed by atoms with Crippen molar-refractivity contribution in [2.45, 2.75) is 6.92 Å². The van der Waals surface area contributed by atoms with Gasteiger partial charge in [-0.1, -0.05) is 6.08 Å². The van der Waals surface area contributed by atoms with Crippen molar-refractivity contribution in [1.82, 2.24) is 4.98 Å². The lowest BCUT2D eigenvalue weighted by Crippen LogP contribution is -2.07. The minimum Gasteiger partial charge on any atom is -0.378 e. The monoisotopic (exact) mass is 218 g/mol. The molecule has 1 aromatic carbocycles. The Hall–Kier alpha value is -1.35. The van der Waals surface area contributed by atoms with Gasteiger partial charge >= 0.3 is 0 Å². The highest BCUT2D eigenvalue weighted by atomic mass is 32.1. The summed E-state index contributed by atoms with van der Waals surface area (Å²) in [7, 11) is 4.10. The second-order valence-electron chi connectivity index (χ2n) is 3.60. The summed E-state index contributed by atoms with van der Waals surface area (Å²) in [5.74, 6) is 0. The standard InChI is InChI=1S/C12H14N2S/c1-4-5-12-13-10-7-6-9(14(2)3)8-11(10)15-12/h4-8H,1-3H3/b5-4+. The number of anilines is 1. The van der Waals surface area contributed by atoms with E-state index in [9.17, 15) is 0 Å². The third-order valence-corrected chi connectivity index (χ3v) is 3.20. The quantitative estimate of drug-likeness (QED) is 0.768. The van der Waals surface area contributed by atoms with E-state index in [1.54, 1.807) is 11.3 Å². The van der Waals surface area contributed by atoms with Crippen LogP contribution in [0.5, 0.6) is 0 Å². The van der Waals surface area contributed by atoms with E-state index in [2.05, 4.69) is 42.2 Å². The topological polar surface area (TPSA) is 16.1 Å². The van der Waals surface area contributed by atoms with Gasteiger partial charge < -0.3 is 4.90 Å². The van der Waals surface area contributed by atoms with Gasteiger partial charge in [0.1, 0.15) is 5.01 Å². The van der Waals surface area contributed by atoms with Gasteiger partial charge in [-0.3, -0.25) is 0 Å². The van der Waals surface area contributed by atoms with Gasteiger partial charge in [0.2, 0.25) is 0 Å². The Morgan fingerprint density at radius 2 is 2.13 bits per heavy atom. The molecule has 1 heterocycles. The maximum Gasteiger partial charge on any atom is 0.117 e. The molecule has 2 rings (SSSR count). The van der Waals surface area contributed by atoms with E-state index in [0.717, 1.165) is 10.5 Å². The van der Waals surface area contributed by atoms with Crippen LogP contribution in [0.15, 0.2) is 24.3 Å². The molecule has 2 aromatic rings. The summed E-state index contributed by atoms with van der Waals surface area (Å²) in [6.07, 6.45) is 4.06. The molecule has 0 saturated heterocycles. The zero-order valence-corrected chi connectivity index (χ0v) is 10.0. The summed E-state index contributed by atoms with van der Waals surface area (Å²) >= 11 is 1.73. The number of hydrogen-bond donors (Lipinski definition) is 0. The number of fused-ring (bicyclic) bond motifs is 1. The van der Waals surface area contributed by atoms with Crippen LogP contribution in [0.2, 0.25) is 0 Å². The molecule has 78 valence electrons. The Balaban J connectivity index is 2.52. The highest BCUT2D eigenvalue weighted by Crippen LogP contribution is 2.26. The minimum atomic E-state index is 1.07. The normalized spacial score (nSPS) is 11.4. The van der Waals surface area contributed by atoms with E-state index in [4.69, 9.17) is 0 Å². The fraction of sp³-hybridized carbons (Fsp3) is 0.250. The molecule has 0 amide bonds. The van der Waals surface area contributed by atoms with Crippen LogP contribution in [-0.2, 0) is 0 Å². The van der Waals surface area contributed by atoms with Crippen LogP contribution in [0.25, 0.3) is 16.3 Å². The summed E-state index contributed by atoms with van der Waals surface area (Å²) in [6, 6.07) is 6.36. The molecule has 0 N–H and O–H groups in total. The first-order chi connectivity index (χ1) is 7.20. The van der Waals surface area contributed by atoms with Crippen LogP contribution in [0.1, 0.15) is 11.9 Å². The second kappa shape index (κ2) is 4.03. The third kappa shape index (κ3) is 2.02. The predicted molar refractivity (Wildman–Crippen MR) is 68.7 cm³/mol. The number of benzene rings is 1. The largest absolute Gasteiger partial charge is 0.378 e. The number of rotatable bonds is 2. The van der Waals surface area contributed by atoms with Crippen LogP contribution in [0, 0.1) is 0 Å². The molecule has 0 bridgehead atoms. The molecular formula is C12H14N2S. The summed E-state index contributed by atoms with van der Waals surface area (Å²) in [5.41, 5.74) is 2.30. The number of allylic oxidation sites excluding steroid dienone is 1. The molecule has 0 spiro atoms. The lowest BCUT2D eigenvalue weighted by Gasteiger charge is -2.11. The van der Waals surface area contributed by atoms with Crippen molar-refractivity contribution >= 4 is 33.3 Å². The van der Waals surface area contributed by atoms with E-state index in [1.807, 2.05) is 19.1 Å². The first-order valence-corrected chi connectivity index (χ1v) is 5.73. The van der Waals surface area contributed by atoms with Gasteiger partial charge in [0, 0.05) is 19.8 Å². The van der Waals surface area contributed by atoms with Gasteiger partial charge in [-0.15, -0.1) is 11.3 Å². The van der Waals surface area contributed by atoms with Crippen molar-refractivity contribution in [3.8, 4) is 0 Å². The molecule has 0 fully saturated rings. The molecule has 0 aliphatic rings. The molecule has 15 heavy (non-hydrogen) atoms. The highest BCUT2D eigenvalue weighted by Gasteiger charge is 2.03. The van der Waals surface area contributed by atoms with E-state index < -0.39 is 0 Å². The number of nitrogens with zero attached hydrogens (tertiary/aromatic N) is 2. The van der Waals surface area contributed by atoms with Crippen molar-refractivity contribution in [3.63, 3.8) is 0 Å². The third-order valence-electron chi connectivity index (χ3n) is 2.21. The molecule has 0 radical (unpaired) electrons. The fourth-order valence-corrected chi connectivity index (χ4v) is 2.39. The fourth-order valence-electron chi connectivity index (χ4n) is 1.42. The maximum absolute atomic E-state index is 4.52. The predicted octanol–water partition coefficient (Wildman–Crippen LogP) is 3.40. The van der Waals surface area contributed by atoms with Crippen molar-refractivity contribution in [2.24, 2.45) is 0 Å². The molecule has 0 atom stereocenters. The Labute approximate surface area is 93.9 Å². The summed E-state index contributed by atoms with van der Waals surface area (Å²) < 4.78 is 1.24. The van der Waals surface area contributed by atoms with Crippen LogP contribution < -0.4 is 4.90 Å². The van der Waals surface area contributed by atoms with Gasteiger partial charge in [0.05, 0.1) is 10.2 Å². The van der Waals surface area contributed by atoms with E-state index >= 15 is 0 Å². The van der Waals surface area contributed by atoms with Crippen molar-refractivity contribution in [1.29, 1.82) is 0 Å². The molecule has 0 unspecified atom stereocenters. The van der Waals surface area contributed by atoms with Crippen molar-refractivity contribution in [2.75, 3.05) is 19.0 Å². The Morgan fingerprint density at radius 1 is 1.33 bits per heavy atom. The van der Waals surface area contributed by atoms with E-state index in [0.29, 0.717) is 0 Å². The van der Waals surface area contributed by atoms with E-state index in [-0.39, 0.29) is 0 Å². The highest BCUT2D eigenvalue weighted by molar-refractivity contribution is 7.19. The molecule has 0 aliphatic carbocycles. The molecule has 2 nitrogen and oxygen atoms in total.